The molecule has 0 spiro atoms. The molecule has 0 fully saturated rings. The molecular weight excluding hydrogens is 430 g/mol. The summed E-state index contributed by atoms with van der Waals surface area (Å²) in [7, 11) is 0. The van der Waals surface area contributed by atoms with E-state index >= 15 is 0 Å². The molecule has 0 aliphatic rings. The summed E-state index contributed by atoms with van der Waals surface area (Å²) in [4.78, 5) is 24.3. The first-order valence-corrected chi connectivity index (χ1v) is 11.2. The Morgan fingerprint density at radius 3 is 2.41 bits per heavy atom. The molecule has 2 amide bonds. The molecule has 0 aromatic heterocycles. The van der Waals surface area contributed by atoms with E-state index in [0.717, 1.165) is 24.0 Å². The fraction of sp³-hybridized carbons (Fsp3) is 0.222. The van der Waals surface area contributed by atoms with E-state index in [-0.39, 0.29) is 12.5 Å². The smallest absolute Gasteiger partial charge is 0.259 e. The maximum Gasteiger partial charge on any atom is 0.259 e. The number of carbonyl (C=O) groups excluding carboxylic acids is 2. The van der Waals surface area contributed by atoms with Gasteiger partial charge in [-0.3, -0.25) is 9.59 Å². The molecule has 0 aliphatic carbocycles. The van der Waals surface area contributed by atoms with E-state index < -0.39 is 5.91 Å². The van der Waals surface area contributed by atoms with Gasteiger partial charge in [-0.25, -0.2) is 5.43 Å². The Kier molecular flexibility index (Phi) is 9.68. The summed E-state index contributed by atoms with van der Waals surface area (Å²) in [6.45, 7) is 2.97. The first-order valence-electron chi connectivity index (χ1n) is 11.2. The fourth-order valence-corrected chi connectivity index (χ4v) is 2.97. The Hall–Kier alpha value is -4.13. The first-order chi connectivity index (χ1) is 16.7. The quantitative estimate of drug-likeness (QED) is 0.240. The van der Waals surface area contributed by atoms with Gasteiger partial charge in [-0.1, -0.05) is 55.8 Å². The molecule has 34 heavy (non-hydrogen) atoms. The molecule has 3 aromatic rings. The summed E-state index contributed by atoms with van der Waals surface area (Å²) >= 11 is 0. The molecule has 3 aromatic carbocycles. The van der Waals surface area contributed by atoms with Crippen LogP contribution in [0.15, 0.2) is 84.0 Å². The first kappa shape index (κ1) is 24.5. The Morgan fingerprint density at radius 1 is 0.912 bits per heavy atom. The monoisotopic (exact) mass is 459 g/mol. The van der Waals surface area contributed by atoms with Crippen LogP contribution in [0.2, 0.25) is 0 Å². The molecule has 176 valence electrons. The molecular formula is C27H29N3O4. The Balaban J connectivity index is 1.44. The number of rotatable bonds is 12. The lowest BCUT2D eigenvalue weighted by molar-refractivity contribution is -0.120. The van der Waals surface area contributed by atoms with Gasteiger partial charge >= 0.3 is 0 Å². The van der Waals surface area contributed by atoms with Gasteiger partial charge in [0.25, 0.3) is 11.8 Å². The lowest BCUT2D eigenvalue weighted by atomic mass is 10.2. The number of hydrogen-bond acceptors (Lipinski definition) is 5. The van der Waals surface area contributed by atoms with Gasteiger partial charge in [-0.05, 0) is 48.4 Å². The summed E-state index contributed by atoms with van der Waals surface area (Å²) in [6, 6.07) is 24.1. The summed E-state index contributed by atoms with van der Waals surface area (Å²) in [5, 5.41) is 6.56. The number of hydrogen-bond donors (Lipinski definition) is 2. The Bertz CT molecular complexity index is 1080. The zero-order chi connectivity index (χ0) is 24.0. The van der Waals surface area contributed by atoms with Crippen LogP contribution in [0.1, 0.15) is 41.3 Å². The second-order valence-corrected chi connectivity index (χ2v) is 7.51. The lowest BCUT2D eigenvalue weighted by Crippen LogP contribution is -2.34. The number of para-hydroxylation sites is 1. The predicted octanol–water partition coefficient (Wildman–Crippen LogP) is 4.32. The van der Waals surface area contributed by atoms with Crippen molar-refractivity contribution in [3.05, 3.63) is 95.6 Å². The van der Waals surface area contributed by atoms with Gasteiger partial charge in [-0.15, -0.1) is 0 Å². The maximum atomic E-state index is 12.3. The second-order valence-electron chi connectivity index (χ2n) is 7.51. The van der Waals surface area contributed by atoms with Crippen LogP contribution in [0, 0.1) is 0 Å². The van der Waals surface area contributed by atoms with Crippen LogP contribution in [0.25, 0.3) is 0 Å². The predicted molar refractivity (Wildman–Crippen MR) is 132 cm³/mol. The largest absolute Gasteiger partial charge is 0.494 e. The summed E-state index contributed by atoms with van der Waals surface area (Å²) in [5.41, 5.74) is 4.64. The van der Waals surface area contributed by atoms with Gasteiger partial charge in [0.2, 0.25) is 0 Å². The molecule has 7 heteroatoms. The third-order valence-electron chi connectivity index (χ3n) is 4.84. The average molecular weight is 460 g/mol. The van der Waals surface area contributed by atoms with Gasteiger partial charge < -0.3 is 14.8 Å². The molecule has 3 rings (SSSR count). The van der Waals surface area contributed by atoms with Crippen molar-refractivity contribution in [3.63, 3.8) is 0 Å². The fourth-order valence-electron chi connectivity index (χ4n) is 2.97. The molecule has 0 radical (unpaired) electrons. The minimum absolute atomic E-state index is 0.197. The third-order valence-corrected chi connectivity index (χ3v) is 4.84. The van der Waals surface area contributed by atoms with E-state index in [1.54, 1.807) is 24.3 Å². The highest BCUT2D eigenvalue weighted by molar-refractivity contribution is 5.96. The van der Waals surface area contributed by atoms with Gasteiger partial charge in [0.15, 0.2) is 0 Å². The molecule has 0 heterocycles. The van der Waals surface area contributed by atoms with Gasteiger partial charge in [0.1, 0.15) is 18.1 Å². The average Bonchev–Trinajstić information content (AvgIpc) is 2.88. The van der Waals surface area contributed by atoms with E-state index in [2.05, 4.69) is 22.8 Å². The SMILES string of the molecule is CCCCOc1ccc(C(=O)NCC(=O)N/N=C\c2ccccc2OCc2ccccc2)cc1. The number of nitrogens with one attached hydrogen (secondary N) is 2. The number of amides is 2. The normalized spacial score (nSPS) is 10.6. The van der Waals surface area contributed by atoms with Crippen LogP contribution in [0.5, 0.6) is 11.5 Å². The van der Waals surface area contributed by atoms with Crippen molar-refractivity contribution in [2.45, 2.75) is 26.4 Å². The molecule has 2 N–H and O–H groups in total. The van der Waals surface area contributed by atoms with Gasteiger partial charge in [0, 0.05) is 11.1 Å². The zero-order valence-electron chi connectivity index (χ0n) is 19.2. The van der Waals surface area contributed by atoms with Crippen LogP contribution >= 0.6 is 0 Å². The molecule has 0 bridgehead atoms. The van der Waals surface area contributed by atoms with Crippen molar-refractivity contribution < 1.29 is 19.1 Å². The topological polar surface area (TPSA) is 89.0 Å². The molecule has 7 nitrogen and oxygen atoms in total. The minimum Gasteiger partial charge on any atom is -0.494 e. The molecule has 0 saturated carbocycles. The zero-order valence-corrected chi connectivity index (χ0v) is 19.2. The van der Waals surface area contributed by atoms with Crippen LogP contribution in [-0.4, -0.2) is 31.2 Å². The number of unbranched alkanes of at least 4 members (excludes halogenated alkanes) is 1. The summed E-state index contributed by atoms with van der Waals surface area (Å²) in [5.74, 6) is 0.579. The highest BCUT2D eigenvalue weighted by Gasteiger charge is 2.08. The molecule has 0 aliphatic heterocycles. The molecule has 0 atom stereocenters. The van der Waals surface area contributed by atoms with Crippen molar-refractivity contribution in [3.8, 4) is 11.5 Å². The van der Waals surface area contributed by atoms with Crippen LogP contribution < -0.4 is 20.2 Å². The summed E-state index contributed by atoms with van der Waals surface area (Å²) in [6.07, 6.45) is 3.55. The minimum atomic E-state index is -0.438. The van der Waals surface area contributed by atoms with Crippen molar-refractivity contribution >= 4 is 18.0 Å². The Morgan fingerprint density at radius 2 is 1.65 bits per heavy atom. The standard InChI is InChI=1S/C27H29N3O4/c1-2-3-17-33-24-15-13-22(14-16-24)27(32)28-19-26(31)30-29-18-23-11-7-8-12-25(23)34-20-21-9-5-4-6-10-21/h4-16,18H,2-3,17,19-20H2,1H3,(H,28,32)(H,30,31)/b29-18-. The number of benzene rings is 3. The van der Waals surface area contributed by atoms with Crippen LogP contribution in [-0.2, 0) is 11.4 Å². The Labute approximate surface area is 199 Å². The second kappa shape index (κ2) is 13.4. The summed E-state index contributed by atoms with van der Waals surface area (Å²) < 4.78 is 11.5. The van der Waals surface area contributed by atoms with Gasteiger partial charge in [0.05, 0.1) is 19.4 Å². The number of ether oxygens (including phenoxy) is 2. The van der Waals surface area contributed by atoms with Crippen LogP contribution in [0.4, 0.5) is 0 Å². The van der Waals surface area contributed by atoms with E-state index in [1.165, 1.54) is 6.21 Å². The van der Waals surface area contributed by atoms with Crippen molar-refractivity contribution in [2.75, 3.05) is 13.2 Å². The van der Waals surface area contributed by atoms with E-state index in [1.807, 2.05) is 54.6 Å². The highest BCUT2D eigenvalue weighted by atomic mass is 16.5. The van der Waals surface area contributed by atoms with Crippen LogP contribution in [0.3, 0.4) is 0 Å². The highest BCUT2D eigenvalue weighted by Crippen LogP contribution is 2.17. The van der Waals surface area contributed by atoms with Crippen molar-refractivity contribution in [1.29, 1.82) is 0 Å². The van der Waals surface area contributed by atoms with E-state index in [4.69, 9.17) is 9.47 Å². The van der Waals surface area contributed by atoms with Crippen molar-refractivity contribution in [1.82, 2.24) is 10.7 Å². The number of nitrogens with zero attached hydrogens (tertiary/aromatic N) is 1. The van der Waals surface area contributed by atoms with Crippen molar-refractivity contribution in [2.24, 2.45) is 5.10 Å². The lowest BCUT2D eigenvalue weighted by Gasteiger charge is -2.09. The molecule has 0 unspecified atom stereocenters. The number of carbonyl (C=O) groups is 2. The maximum absolute atomic E-state index is 12.3. The third kappa shape index (κ3) is 8.09. The number of hydrazone groups is 1. The molecule has 0 saturated heterocycles. The van der Waals surface area contributed by atoms with E-state index in [9.17, 15) is 9.59 Å². The van der Waals surface area contributed by atoms with Gasteiger partial charge in [-0.2, -0.15) is 5.10 Å². The van der Waals surface area contributed by atoms with E-state index in [0.29, 0.717) is 30.3 Å².